The number of ether oxygens (including phenoxy) is 1. The molecule has 1 aromatic heterocycles. The van der Waals surface area contributed by atoms with Crippen molar-refractivity contribution in [2.75, 3.05) is 5.73 Å². The number of nitrogens with zero attached hydrogens (tertiary/aromatic N) is 1. The molecule has 21 heavy (non-hydrogen) atoms. The number of oxazole rings is 1. The first kappa shape index (κ1) is 13.6. The SMILES string of the molecule is Nc1cc2oc(-c3ccc(OC(F)F)cc3)nc2cc1Cl. The zero-order chi connectivity index (χ0) is 15.0. The fraction of sp³-hybridized carbons (Fsp3) is 0.0714. The molecule has 0 aliphatic carbocycles. The Morgan fingerprint density at radius 3 is 2.57 bits per heavy atom. The molecule has 0 saturated carbocycles. The van der Waals surface area contributed by atoms with Crippen LogP contribution in [0, 0.1) is 0 Å². The minimum atomic E-state index is -2.86. The van der Waals surface area contributed by atoms with Gasteiger partial charge in [-0.25, -0.2) is 4.98 Å². The number of rotatable bonds is 3. The Bertz CT molecular complexity index is 749. The summed E-state index contributed by atoms with van der Waals surface area (Å²) < 4.78 is 34.0. The molecule has 3 rings (SSSR count). The maximum Gasteiger partial charge on any atom is 0.387 e. The fourth-order valence-corrected chi connectivity index (χ4v) is 2.02. The van der Waals surface area contributed by atoms with Crippen molar-refractivity contribution in [3.05, 3.63) is 41.4 Å². The van der Waals surface area contributed by atoms with Gasteiger partial charge in [0.2, 0.25) is 5.89 Å². The molecule has 2 aromatic carbocycles. The number of fused-ring (bicyclic) bond motifs is 1. The van der Waals surface area contributed by atoms with Crippen molar-refractivity contribution in [2.45, 2.75) is 6.61 Å². The van der Waals surface area contributed by atoms with Crippen molar-refractivity contribution in [3.8, 4) is 17.2 Å². The Balaban J connectivity index is 1.96. The van der Waals surface area contributed by atoms with Crippen LogP contribution in [0.15, 0.2) is 40.8 Å². The van der Waals surface area contributed by atoms with Gasteiger partial charge in [0.05, 0.1) is 10.7 Å². The summed E-state index contributed by atoms with van der Waals surface area (Å²) in [4.78, 5) is 4.28. The summed E-state index contributed by atoms with van der Waals surface area (Å²) in [5, 5.41) is 0.392. The lowest BCUT2D eigenvalue weighted by molar-refractivity contribution is -0.0498. The molecule has 0 saturated heterocycles. The van der Waals surface area contributed by atoms with Crippen molar-refractivity contribution in [3.63, 3.8) is 0 Å². The lowest BCUT2D eigenvalue weighted by Crippen LogP contribution is -2.01. The third-order valence-corrected chi connectivity index (χ3v) is 3.16. The van der Waals surface area contributed by atoms with Crippen molar-refractivity contribution in [1.82, 2.24) is 4.98 Å². The van der Waals surface area contributed by atoms with E-state index >= 15 is 0 Å². The van der Waals surface area contributed by atoms with Crippen LogP contribution in [0.1, 0.15) is 0 Å². The number of anilines is 1. The van der Waals surface area contributed by atoms with Gasteiger partial charge in [-0.2, -0.15) is 8.78 Å². The number of halogens is 3. The van der Waals surface area contributed by atoms with Gasteiger partial charge in [0.25, 0.3) is 0 Å². The van der Waals surface area contributed by atoms with E-state index in [1.54, 1.807) is 24.3 Å². The summed E-state index contributed by atoms with van der Waals surface area (Å²) in [7, 11) is 0. The van der Waals surface area contributed by atoms with Gasteiger partial charge in [0.15, 0.2) is 5.58 Å². The highest BCUT2D eigenvalue weighted by Crippen LogP contribution is 2.30. The molecule has 0 radical (unpaired) electrons. The minimum absolute atomic E-state index is 0.0668. The lowest BCUT2D eigenvalue weighted by atomic mass is 10.2. The molecule has 1 heterocycles. The number of hydrogen-bond acceptors (Lipinski definition) is 4. The van der Waals surface area contributed by atoms with E-state index in [1.165, 1.54) is 12.1 Å². The second-order valence-electron chi connectivity index (χ2n) is 4.26. The van der Waals surface area contributed by atoms with Crippen molar-refractivity contribution in [1.29, 1.82) is 0 Å². The standard InChI is InChI=1S/C14H9ClF2N2O2/c15-9-5-11-12(6-10(9)18)21-13(19-11)7-1-3-8(4-2-7)20-14(16)17/h1-6,14H,18H2. The fourth-order valence-electron chi connectivity index (χ4n) is 1.87. The highest BCUT2D eigenvalue weighted by atomic mass is 35.5. The van der Waals surface area contributed by atoms with Crippen LogP contribution >= 0.6 is 11.6 Å². The first-order valence-electron chi connectivity index (χ1n) is 5.94. The molecule has 0 fully saturated rings. The van der Waals surface area contributed by atoms with E-state index in [1.807, 2.05) is 0 Å². The summed E-state index contributed by atoms with van der Waals surface area (Å²) in [5.41, 5.74) is 7.78. The van der Waals surface area contributed by atoms with E-state index < -0.39 is 6.61 Å². The molecule has 0 atom stereocenters. The second kappa shape index (κ2) is 5.21. The van der Waals surface area contributed by atoms with Gasteiger partial charge in [-0.1, -0.05) is 11.6 Å². The van der Waals surface area contributed by atoms with E-state index in [-0.39, 0.29) is 5.75 Å². The predicted octanol–water partition coefficient (Wildman–Crippen LogP) is 4.33. The molecule has 0 bridgehead atoms. The Morgan fingerprint density at radius 2 is 1.90 bits per heavy atom. The van der Waals surface area contributed by atoms with Crippen molar-refractivity contribution < 1.29 is 17.9 Å². The first-order chi connectivity index (χ1) is 10.0. The average Bonchev–Trinajstić information content (AvgIpc) is 2.82. The number of alkyl halides is 2. The van der Waals surface area contributed by atoms with Crippen molar-refractivity contribution >= 4 is 28.4 Å². The molecule has 0 aliphatic rings. The highest BCUT2D eigenvalue weighted by Gasteiger charge is 2.11. The molecule has 0 aliphatic heterocycles. The average molecular weight is 311 g/mol. The van der Waals surface area contributed by atoms with E-state index in [0.717, 1.165) is 0 Å². The molecule has 2 N–H and O–H groups in total. The molecule has 108 valence electrons. The Hall–Kier alpha value is -2.34. The van der Waals surface area contributed by atoms with E-state index in [2.05, 4.69) is 9.72 Å². The zero-order valence-electron chi connectivity index (χ0n) is 10.5. The molecule has 0 unspecified atom stereocenters. The Kier molecular flexibility index (Phi) is 3.39. The third kappa shape index (κ3) is 2.75. The highest BCUT2D eigenvalue weighted by molar-refractivity contribution is 6.33. The van der Waals surface area contributed by atoms with Gasteiger partial charge in [-0.15, -0.1) is 0 Å². The molecular weight excluding hydrogens is 302 g/mol. The van der Waals surface area contributed by atoms with Crippen LogP contribution in [-0.4, -0.2) is 11.6 Å². The number of aromatic nitrogens is 1. The normalized spacial score (nSPS) is 11.2. The van der Waals surface area contributed by atoms with Gasteiger partial charge < -0.3 is 14.9 Å². The number of nitrogens with two attached hydrogens (primary N) is 1. The van der Waals surface area contributed by atoms with Gasteiger partial charge in [-0.05, 0) is 30.3 Å². The first-order valence-corrected chi connectivity index (χ1v) is 6.31. The molecule has 0 spiro atoms. The topological polar surface area (TPSA) is 61.3 Å². The Morgan fingerprint density at radius 1 is 1.19 bits per heavy atom. The quantitative estimate of drug-likeness (QED) is 0.731. The summed E-state index contributed by atoms with van der Waals surface area (Å²) >= 11 is 5.92. The second-order valence-corrected chi connectivity index (χ2v) is 4.67. The molecule has 3 aromatic rings. The van der Waals surface area contributed by atoms with Crippen LogP contribution in [0.4, 0.5) is 14.5 Å². The Labute approximate surface area is 123 Å². The van der Waals surface area contributed by atoms with Crippen LogP contribution in [0.5, 0.6) is 5.75 Å². The molecule has 0 amide bonds. The third-order valence-electron chi connectivity index (χ3n) is 2.83. The number of hydrogen-bond donors (Lipinski definition) is 1. The predicted molar refractivity (Wildman–Crippen MR) is 75.5 cm³/mol. The largest absolute Gasteiger partial charge is 0.436 e. The van der Waals surface area contributed by atoms with Gasteiger partial charge in [0, 0.05) is 11.6 Å². The number of nitrogen functional groups attached to an aromatic ring is 1. The van der Waals surface area contributed by atoms with Gasteiger partial charge >= 0.3 is 6.61 Å². The summed E-state index contributed by atoms with van der Waals surface area (Å²) in [6.07, 6.45) is 0. The number of benzene rings is 2. The lowest BCUT2D eigenvalue weighted by Gasteiger charge is -2.03. The van der Waals surface area contributed by atoms with E-state index in [9.17, 15) is 8.78 Å². The zero-order valence-corrected chi connectivity index (χ0v) is 11.3. The summed E-state index contributed by atoms with van der Waals surface area (Å²) in [6, 6.07) is 9.17. The van der Waals surface area contributed by atoms with Crippen LogP contribution in [0.25, 0.3) is 22.6 Å². The minimum Gasteiger partial charge on any atom is -0.436 e. The van der Waals surface area contributed by atoms with E-state index in [0.29, 0.717) is 33.3 Å². The maximum absolute atomic E-state index is 12.1. The van der Waals surface area contributed by atoms with E-state index in [4.69, 9.17) is 21.8 Å². The van der Waals surface area contributed by atoms with Crippen LogP contribution in [0.2, 0.25) is 5.02 Å². The molecule has 7 heteroatoms. The van der Waals surface area contributed by atoms with Crippen LogP contribution in [-0.2, 0) is 0 Å². The van der Waals surface area contributed by atoms with Gasteiger partial charge in [0.1, 0.15) is 11.3 Å². The monoisotopic (exact) mass is 310 g/mol. The van der Waals surface area contributed by atoms with Crippen LogP contribution < -0.4 is 10.5 Å². The van der Waals surface area contributed by atoms with Crippen LogP contribution in [0.3, 0.4) is 0 Å². The molecular formula is C14H9ClF2N2O2. The smallest absolute Gasteiger partial charge is 0.387 e. The van der Waals surface area contributed by atoms with Crippen molar-refractivity contribution in [2.24, 2.45) is 0 Å². The summed E-state index contributed by atoms with van der Waals surface area (Å²) in [5.74, 6) is 0.410. The maximum atomic E-state index is 12.1. The van der Waals surface area contributed by atoms with Gasteiger partial charge in [-0.3, -0.25) is 0 Å². The molecule has 4 nitrogen and oxygen atoms in total. The summed E-state index contributed by atoms with van der Waals surface area (Å²) in [6.45, 7) is -2.86.